The van der Waals surface area contributed by atoms with Crippen molar-refractivity contribution in [2.24, 2.45) is 5.10 Å². The normalized spacial score (nSPS) is 10.8. The van der Waals surface area contributed by atoms with Gasteiger partial charge in [-0.3, -0.25) is 4.79 Å². The molecule has 0 aliphatic rings. The summed E-state index contributed by atoms with van der Waals surface area (Å²) in [6.45, 7) is 0. The summed E-state index contributed by atoms with van der Waals surface area (Å²) in [5.74, 6) is 2.37. The molecule has 0 unspecified atom stereocenters. The molecule has 168 valence electrons. The van der Waals surface area contributed by atoms with Gasteiger partial charge in [0, 0.05) is 17.9 Å². The van der Waals surface area contributed by atoms with Gasteiger partial charge in [-0.25, -0.2) is 5.43 Å². The maximum Gasteiger partial charge on any atom is 0.250 e. The summed E-state index contributed by atoms with van der Waals surface area (Å²) < 4.78 is 17.5. The first-order chi connectivity index (χ1) is 15.6. The Bertz CT molecular complexity index is 1040. The fourth-order valence-corrected chi connectivity index (χ4v) is 5.29. The number of ether oxygens (including phenoxy) is 3. The number of hydrogen-bond acceptors (Lipinski definition) is 10. The Balaban J connectivity index is 1.49. The van der Waals surface area contributed by atoms with Crippen molar-refractivity contribution >= 4 is 47.0 Å². The van der Waals surface area contributed by atoms with Crippen LogP contribution in [-0.2, 0) is 10.5 Å². The van der Waals surface area contributed by atoms with Gasteiger partial charge in [0.05, 0.1) is 38.9 Å². The Morgan fingerprint density at radius 2 is 1.69 bits per heavy atom. The zero-order valence-corrected chi connectivity index (χ0v) is 20.2. The summed E-state index contributed by atoms with van der Waals surface area (Å²) in [5.41, 5.74) is 4.32. The van der Waals surface area contributed by atoms with Crippen LogP contribution in [-0.4, -0.2) is 49.4 Å². The predicted octanol–water partition coefficient (Wildman–Crippen LogP) is 4.10. The molecule has 0 saturated heterocycles. The van der Waals surface area contributed by atoms with Crippen molar-refractivity contribution in [3.8, 4) is 17.2 Å². The molecule has 1 N–H and O–H groups in total. The van der Waals surface area contributed by atoms with Gasteiger partial charge in [-0.05, 0) is 5.56 Å². The summed E-state index contributed by atoms with van der Waals surface area (Å²) >= 11 is 4.41. The summed E-state index contributed by atoms with van der Waals surface area (Å²) in [7, 11) is 4.63. The van der Waals surface area contributed by atoms with Crippen LogP contribution >= 0.6 is 34.9 Å². The van der Waals surface area contributed by atoms with Crippen LogP contribution in [0.25, 0.3) is 0 Å². The van der Waals surface area contributed by atoms with E-state index < -0.39 is 0 Å². The number of hydrazone groups is 1. The molecule has 0 atom stereocenters. The first kappa shape index (κ1) is 23.9. The SMILES string of the molecule is COc1cc(OC)c(/C=N\NC(=O)CSc2nnc(SCc3ccccc3)s2)c(OC)c1. The maximum atomic E-state index is 12.2. The number of carbonyl (C=O) groups excluding carboxylic acids is 1. The molecule has 2 aromatic carbocycles. The summed E-state index contributed by atoms with van der Waals surface area (Å²) in [4.78, 5) is 12.2. The Morgan fingerprint density at radius 3 is 2.31 bits per heavy atom. The number of benzene rings is 2. The number of nitrogens with one attached hydrogen (secondary N) is 1. The second-order valence-corrected chi connectivity index (χ2v) is 9.56. The maximum absolute atomic E-state index is 12.2. The third-order valence-electron chi connectivity index (χ3n) is 4.06. The van der Waals surface area contributed by atoms with Gasteiger partial charge in [0.1, 0.15) is 17.2 Å². The molecular weight excluding hydrogens is 468 g/mol. The molecule has 11 heteroatoms. The van der Waals surface area contributed by atoms with E-state index in [-0.39, 0.29) is 11.7 Å². The van der Waals surface area contributed by atoms with Crippen molar-refractivity contribution in [1.82, 2.24) is 15.6 Å². The average molecular weight is 491 g/mol. The van der Waals surface area contributed by atoms with E-state index in [1.54, 1.807) is 31.0 Å². The van der Waals surface area contributed by atoms with E-state index in [1.165, 1.54) is 49.1 Å². The van der Waals surface area contributed by atoms with Gasteiger partial charge in [-0.1, -0.05) is 65.2 Å². The van der Waals surface area contributed by atoms with Gasteiger partial charge in [0.15, 0.2) is 8.68 Å². The molecule has 3 rings (SSSR count). The van der Waals surface area contributed by atoms with Crippen LogP contribution < -0.4 is 19.6 Å². The highest BCUT2D eigenvalue weighted by Crippen LogP contribution is 2.33. The van der Waals surface area contributed by atoms with E-state index in [2.05, 4.69) is 32.9 Å². The minimum absolute atomic E-state index is 0.173. The molecule has 0 saturated carbocycles. The van der Waals surface area contributed by atoms with Gasteiger partial charge in [0.2, 0.25) is 0 Å². The van der Waals surface area contributed by atoms with E-state index in [0.29, 0.717) is 22.8 Å². The molecule has 32 heavy (non-hydrogen) atoms. The van der Waals surface area contributed by atoms with Crippen LogP contribution in [0.3, 0.4) is 0 Å². The Kier molecular flexibility index (Phi) is 9.20. The second-order valence-electron chi connectivity index (χ2n) is 6.14. The third-order valence-corrected chi connectivity index (χ3v) is 7.32. The van der Waals surface area contributed by atoms with Crippen LogP contribution in [0, 0.1) is 0 Å². The summed E-state index contributed by atoms with van der Waals surface area (Å²) in [6.07, 6.45) is 1.48. The Morgan fingerprint density at radius 1 is 1.03 bits per heavy atom. The lowest BCUT2D eigenvalue weighted by molar-refractivity contribution is -0.118. The molecule has 1 heterocycles. The summed E-state index contributed by atoms with van der Waals surface area (Å²) in [6, 6.07) is 13.6. The Hall–Kier alpha value is -2.76. The van der Waals surface area contributed by atoms with Crippen LogP contribution in [0.1, 0.15) is 11.1 Å². The lowest BCUT2D eigenvalue weighted by Gasteiger charge is -2.12. The molecule has 0 aliphatic carbocycles. The summed E-state index contributed by atoms with van der Waals surface area (Å²) in [5, 5.41) is 12.3. The number of hydrogen-bond donors (Lipinski definition) is 1. The average Bonchev–Trinajstić information content (AvgIpc) is 3.29. The van der Waals surface area contributed by atoms with Crippen LogP contribution in [0.2, 0.25) is 0 Å². The molecule has 0 fully saturated rings. The van der Waals surface area contributed by atoms with E-state index in [0.717, 1.165) is 14.4 Å². The smallest absolute Gasteiger partial charge is 0.250 e. The van der Waals surface area contributed by atoms with Gasteiger partial charge in [-0.15, -0.1) is 10.2 Å². The minimum atomic E-state index is -0.258. The molecule has 0 radical (unpaired) electrons. The zero-order chi connectivity index (χ0) is 22.8. The highest BCUT2D eigenvalue weighted by molar-refractivity contribution is 8.03. The van der Waals surface area contributed by atoms with Gasteiger partial charge < -0.3 is 14.2 Å². The van der Waals surface area contributed by atoms with Crippen molar-refractivity contribution < 1.29 is 19.0 Å². The molecule has 8 nitrogen and oxygen atoms in total. The molecule has 1 aromatic heterocycles. The molecule has 1 amide bonds. The zero-order valence-electron chi connectivity index (χ0n) is 17.7. The fraction of sp³-hybridized carbons (Fsp3) is 0.238. The van der Waals surface area contributed by atoms with Gasteiger partial charge in [-0.2, -0.15) is 5.10 Å². The molecule has 0 aliphatic heterocycles. The number of nitrogens with zero attached hydrogens (tertiary/aromatic N) is 3. The largest absolute Gasteiger partial charge is 0.496 e. The standard InChI is InChI=1S/C21H22N4O4S3/c1-27-15-9-17(28-2)16(18(10-15)29-3)11-22-23-19(26)13-31-21-25-24-20(32-21)30-12-14-7-5-4-6-8-14/h4-11H,12-13H2,1-3H3,(H,23,26)/b22-11-. The quantitative estimate of drug-likeness (QED) is 0.244. The van der Waals surface area contributed by atoms with Crippen molar-refractivity contribution in [2.45, 2.75) is 14.4 Å². The molecule has 0 bridgehead atoms. The van der Waals surface area contributed by atoms with Crippen molar-refractivity contribution in [3.63, 3.8) is 0 Å². The fourth-order valence-electron chi connectivity index (χ4n) is 2.52. The van der Waals surface area contributed by atoms with Crippen molar-refractivity contribution in [1.29, 1.82) is 0 Å². The van der Waals surface area contributed by atoms with E-state index in [4.69, 9.17) is 14.2 Å². The number of thioether (sulfide) groups is 2. The lowest BCUT2D eigenvalue weighted by Crippen LogP contribution is -2.19. The highest BCUT2D eigenvalue weighted by atomic mass is 32.2. The predicted molar refractivity (Wildman–Crippen MR) is 128 cm³/mol. The number of amides is 1. The topological polar surface area (TPSA) is 94.9 Å². The first-order valence-corrected chi connectivity index (χ1v) is 12.2. The first-order valence-electron chi connectivity index (χ1n) is 9.38. The van der Waals surface area contributed by atoms with Crippen molar-refractivity contribution in [3.05, 3.63) is 53.6 Å². The number of aromatic nitrogens is 2. The minimum Gasteiger partial charge on any atom is -0.496 e. The van der Waals surface area contributed by atoms with E-state index >= 15 is 0 Å². The van der Waals surface area contributed by atoms with Crippen molar-refractivity contribution in [2.75, 3.05) is 27.1 Å². The second kappa shape index (κ2) is 12.3. The number of rotatable bonds is 11. The Labute approximate surface area is 198 Å². The van der Waals surface area contributed by atoms with Crippen LogP contribution in [0.15, 0.2) is 56.2 Å². The monoisotopic (exact) mass is 490 g/mol. The highest BCUT2D eigenvalue weighted by Gasteiger charge is 2.12. The third kappa shape index (κ3) is 6.87. The van der Waals surface area contributed by atoms with E-state index in [1.807, 2.05) is 18.2 Å². The number of carbonyl (C=O) groups is 1. The lowest BCUT2D eigenvalue weighted by atomic mass is 10.2. The molecule has 3 aromatic rings. The van der Waals surface area contributed by atoms with Gasteiger partial charge >= 0.3 is 0 Å². The van der Waals surface area contributed by atoms with Crippen LogP contribution in [0.5, 0.6) is 17.2 Å². The van der Waals surface area contributed by atoms with Crippen LogP contribution in [0.4, 0.5) is 0 Å². The van der Waals surface area contributed by atoms with E-state index in [9.17, 15) is 4.79 Å². The molecular formula is C21H22N4O4S3. The number of methoxy groups -OCH3 is 3. The van der Waals surface area contributed by atoms with Gasteiger partial charge in [0.25, 0.3) is 5.91 Å². The molecule has 0 spiro atoms.